The van der Waals surface area contributed by atoms with Crippen LogP contribution in [0.4, 0.5) is 0 Å². The van der Waals surface area contributed by atoms with Gasteiger partial charge in [0.1, 0.15) is 0 Å². The molecule has 0 radical (unpaired) electrons. The SMILES string of the molecule is O=C(CN1CCc2ccccc2C1)N[C@H]1CCOC2(CCOCC2)C1. The Morgan fingerprint density at radius 1 is 1.20 bits per heavy atom. The minimum atomic E-state index is -0.0709. The van der Waals surface area contributed by atoms with Gasteiger partial charge in [0, 0.05) is 39.0 Å². The highest BCUT2D eigenvalue weighted by Gasteiger charge is 2.39. The van der Waals surface area contributed by atoms with Gasteiger partial charge in [-0.25, -0.2) is 0 Å². The van der Waals surface area contributed by atoms with Crippen LogP contribution in [0.25, 0.3) is 0 Å². The number of fused-ring (bicyclic) bond motifs is 1. The Morgan fingerprint density at radius 3 is 2.84 bits per heavy atom. The molecule has 136 valence electrons. The third-order valence-electron chi connectivity index (χ3n) is 5.84. The van der Waals surface area contributed by atoms with Crippen molar-refractivity contribution < 1.29 is 14.3 Å². The number of carbonyl (C=O) groups is 1. The standard InChI is InChI=1S/C20H28N2O3/c23-19(15-22-9-5-16-3-1-2-4-17(16)14-22)21-18-6-10-25-20(13-18)7-11-24-12-8-20/h1-4,18H,5-15H2,(H,21,23)/t18-/m0/s1. The molecule has 2 saturated heterocycles. The van der Waals surface area contributed by atoms with Crippen molar-refractivity contribution >= 4 is 5.91 Å². The molecule has 3 aliphatic rings. The first-order valence-electron chi connectivity index (χ1n) is 9.53. The fourth-order valence-electron chi connectivity index (χ4n) is 4.41. The molecule has 1 atom stereocenters. The van der Waals surface area contributed by atoms with Gasteiger partial charge >= 0.3 is 0 Å². The molecule has 0 aliphatic carbocycles. The summed E-state index contributed by atoms with van der Waals surface area (Å²) >= 11 is 0. The Kier molecular flexibility index (Phi) is 5.06. The lowest BCUT2D eigenvalue weighted by Gasteiger charge is -2.43. The Hall–Kier alpha value is -1.43. The largest absolute Gasteiger partial charge is 0.381 e. The molecule has 0 saturated carbocycles. The van der Waals surface area contributed by atoms with Crippen molar-refractivity contribution in [3.05, 3.63) is 35.4 Å². The van der Waals surface area contributed by atoms with E-state index in [1.54, 1.807) is 0 Å². The Labute approximate surface area is 149 Å². The van der Waals surface area contributed by atoms with E-state index in [0.29, 0.717) is 6.54 Å². The molecule has 0 unspecified atom stereocenters. The van der Waals surface area contributed by atoms with Crippen LogP contribution in [0.15, 0.2) is 24.3 Å². The van der Waals surface area contributed by atoms with Crippen LogP contribution in [-0.4, -0.2) is 55.4 Å². The molecule has 1 N–H and O–H groups in total. The number of nitrogens with one attached hydrogen (secondary N) is 1. The van der Waals surface area contributed by atoms with Gasteiger partial charge in [-0.3, -0.25) is 9.69 Å². The van der Waals surface area contributed by atoms with E-state index in [2.05, 4.69) is 34.5 Å². The van der Waals surface area contributed by atoms with E-state index in [1.165, 1.54) is 11.1 Å². The van der Waals surface area contributed by atoms with Gasteiger partial charge in [0.2, 0.25) is 5.91 Å². The first-order chi connectivity index (χ1) is 12.2. The monoisotopic (exact) mass is 344 g/mol. The molecule has 1 aromatic carbocycles. The van der Waals surface area contributed by atoms with Crippen molar-refractivity contribution in [2.24, 2.45) is 0 Å². The zero-order valence-electron chi connectivity index (χ0n) is 14.8. The highest BCUT2D eigenvalue weighted by molar-refractivity contribution is 5.78. The van der Waals surface area contributed by atoms with Crippen LogP contribution < -0.4 is 5.32 Å². The van der Waals surface area contributed by atoms with Crippen LogP contribution in [0.3, 0.4) is 0 Å². The van der Waals surface area contributed by atoms with Crippen LogP contribution in [0.2, 0.25) is 0 Å². The molecular weight excluding hydrogens is 316 g/mol. The quantitative estimate of drug-likeness (QED) is 0.910. The number of rotatable bonds is 3. The van der Waals surface area contributed by atoms with Gasteiger partial charge in [-0.15, -0.1) is 0 Å². The Bertz CT molecular complexity index is 607. The second-order valence-corrected chi connectivity index (χ2v) is 7.63. The van der Waals surface area contributed by atoms with Gasteiger partial charge in [0.15, 0.2) is 0 Å². The van der Waals surface area contributed by atoms with Crippen molar-refractivity contribution in [2.45, 2.75) is 50.3 Å². The molecule has 5 heteroatoms. The van der Waals surface area contributed by atoms with Crippen LogP contribution in [0.5, 0.6) is 0 Å². The first-order valence-corrected chi connectivity index (χ1v) is 9.53. The second-order valence-electron chi connectivity index (χ2n) is 7.63. The number of nitrogens with zero attached hydrogens (tertiary/aromatic N) is 1. The molecule has 25 heavy (non-hydrogen) atoms. The molecule has 1 spiro atoms. The van der Waals surface area contributed by atoms with Crippen molar-refractivity contribution in [3.63, 3.8) is 0 Å². The predicted octanol–water partition coefficient (Wildman–Crippen LogP) is 1.89. The number of carbonyl (C=O) groups excluding carboxylic acids is 1. The fraction of sp³-hybridized carbons (Fsp3) is 0.650. The average Bonchev–Trinajstić information content (AvgIpc) is 2.62. The molecule has 2 fully saturated rings. The van der Waals surface area contributed by atoms with Gasteiger partial charge in [-0.1, -0.05) is 24.3 Å². The summed E-state index contributed by atoms with van der Waals surface area (Å²) < 4.78 is 11.5. The van der Waals surface area contributed by atoms with Gasteiger partial charge in [-0.2, -0.15) is 0 Å². The molecule has 3 heterocycles. The predicted molar refractivity (Wildman–Crippen MR) is 95.3 cm³/mol. The van der Waals surface area contributed by atoms with E-state index in [4.69, 9.17) is 9.47 Å². The second kappa shape index (κ2) is 7.44. The summed E-state index contributed by atoms with van der Waals surface area (Å²) in [6, 6.07) is 8.78. The summed E-state index contributed by atoms with van der Waals surface area (Å²) in [5.74, 6) is 0.147. The molecule has 0 aromatic heterocycles. The third-order valence-corrected chi connectivity index (χ3v) is 5.84. The lowest BCUT2D eigenvalue weighted by atomic mass is 9.84. The number of amides is 1. The molecule has 4 rings (SSSR count). The van der Waals surface area contributed by atoms with Gasteiger partial charge in [0.25, 0.3) is 0 Å². The van der Waals surface area contributed by atoms with Crippen molar-refractivity contribution in [3.8, 4) is 0 Å². The van der Waals surface area contributed by atoms with Crippen LogP contribution in [0, 0.1) is 0 Å². The minimum Gasteiger partial charge on any atom is -0.381 e. The lowest BCUT2D eigenvalue weighted by Crippen LogP contribution is -2.52. The van der Waals surface area contributed by atoms with Gasteiger partial charge < -0.3 is 14.8 Å². The molecule has 0 bridgehead atoms. The van der Waals surface area contributed by atoms with Crippen LogP contribution in [0.1, 0.15) is 36.8 Å². The topological polar surface area (TPSA) is 50.8 Å². The zero-order valence-corrected chi connectivity index (χ0v) is 14.8. The smallest absolute Gasteiger partial charge is 0.234 e. The summed E-state index contributed by atoms with van der Waals surface area (Å²) in [4.78, 5) is 14.8. The molecular formula is C20H28N2O3. The number of ether oxygens (including phenoxy) is 2. The molecule has 5 nitrogen and oxygen atoms in total. The fourth-order valence-corrected chi connectivity index (χ4v) is 4.41. The minimum absolute atomic E-state index is 0.0709. The highest BCUT2D eigenvalue weighted by Crippen LogP contribution is 2.34. The van der Waals surface area contributed by atoms with Crippen molar-refractivity contribution in [1.29, 1.82) is 0 Å². The first kappa shape index (κ1) is 17.0. The maximum Gasteiger partial charge on any atom is 0.234 e. The van der Waals surface area contributed by atoms with E-state index < -0.39 is 0 Å². The number of hydrogen-bond acceptors (Lipinski definition) is 4. The van der Waals surface area contributed by atoms with E-state index in [0.717, 1.165) is 65.0 Å². The Balaban J connectivity index is 1.29. The molecule has 3 aliphatic heterocycles. The summed E-state index contributed by atoms with van der Waals surface area (Å²) in [5, 5.41) is 3.26. The van der Waals surface area contributed by atoms with Crippen LogP contribution >= 0.6 is 0 Å². The summed E-state index contributed by atoms with van der Waals surface area (Å²) in [7, 11) is 0. The number of hydrogen-bond donors (Lipinski definition) is 1. The maximum atomic E-state index is 12.5. The maximum absolute atomic E-state index is 12.5. The third kappa shape index (κ3) is 4.05. The Morgan fingerprint density at radius 2 is 2.00 bits per heavy atom. The van der Waals surface area contributed by atoms with E-state index >= 15 is 0 Å². The lowest BCUT2D eigenvalue weighted by molar-refractivity contribution is -0.144. The van der Waals surface area contributed by atoms with Gasteiger partial charge in [0.05, 0.1) is 12.1 Å². The zero-order chi connectivity index (χ0) is 17.1. The van der Waals surface area contributed by atoms with Crippen molar-refractivity contribution in [1.82, 2.24) is 10.2 Å². The normalized spacial score (nSPS) is 26.2. The summed E-state index contributed by atoms with van der Waals surface area (Å²) in [6.45, 7) is 4.60. The number of benzene rings is 1. The molecule has 1 aromatic rings. The van der Waals surface area contributed by atoms with E-state index in [-0.39, 0.29) is 17.6 Å². The average molecular weight is 344 g/mol. The van der Waals surface area contributed by atoms with E-state index in [9.17, 15) is 4.79 Å². The molecule has 1 amide bonds. The summed E-state index contributed by atoms with van der Waals surface area (Å²) in [6.07, 6.45) is 4.76. The highest BCUT2D eigenvalue weighted by atomic mass is 16.5. The van der Waals surface area contributed by atoms with Gasteiger partial charge in [-0.05, 0) is 43.2 Å². The van der Waals surface area contributed by atoms with Crippen LogP contribution in [-0.2, 0) is 27.2 Å². The van der Waals surface area contributed by atoms with E-state index in [1.807, 2.05) is 0 Å². The van der Waals surface area contributed by atoms with Crippen molar-refractivity contribution in [2.75, 3.05) is 32.9 Å². The summed E-state index contributed by atoms with van der Waals surface area (Å²) in [5.41, 5.74) is 2.71.